The third-order valence-corrected chi connectivity index (χ3v) is 3.77. The Morgan fingerprint density at radius 1 is 0.960 bits per heavy atom. The monoisotopic (exact) mass is 333 g/mol. The lowest BCUT2D eigenvalue weighted by Gasteiger charge is -2.11. The maximum Gasteiger partial charge on any atom is 0.271 e. The van der Waals surface area contributed by atoms with E-state index in [0.29, 0.717) is 12.4 Å². The summed E-state index contributed by atoms with van der Waals surface area (Å²) in [5.41, 5.74) is 4.31. The number of hydrogen-bond acceptors (Lipinski definition) is 5. The molecule has 2 N–H and O–H groups in total. The molecule has 6 nitrogen and oxygen atoms in total. The molecule has 0 saturated carbocycles. The van der Waals surface area contributed by atoms with Gasteiger partial charge in [0.15, 0.2) is 0 Å². The second-order valence-electron chi connectivity index (χ2n) is 5.68. The zero-order valence-corrected chi connectivity index (χ0v) is 14.2. The van der Waals surface area contributed by atoms with Crippen LogP contribution in [0, 0.1) is 13.8 Å². The molecule has 0 fully saturated rings. The molecular weight excluding hydrogens is 314 g/mol. The Morgan fingerprint density at radius 2 is 1.76 bits per heavy atom. The van der Waals surface area contributed by atoms with Crippen LogP contribution in [0.5, 0.6) is 0 Å². The van der Waals surface area contributed by atoms with Crippen molar-refractivity contribution in [1.29, 1.82) is 0 Å². The number of para-hydroxylation sites is 1. The maximum absolute atomic E-state index is 12.1. The zero-order valence-electron chi connectivity index (χ0n) is 14.2. The highest BCUT2D eigenvalue weighted by atomic mass is 16.1. The fourth-order valence-electron chi connectivity index (χ4n) is 2.41. The van der Waals surface area contributed by atoms with Crippen molar-refractivity contribution in [3.05, 3.63) is 77.5 Å². The van der Waals surface area contributed by atoms with Gasteiger partial charge < -0.3 is 10.6 Å². The Morgan fingerprint density at radius 3 is 2.40 bits per heavy atom. The smallest absolute Gasteiger partial charge is 0.271 e. The molecule has 0 radical (unpaired) electrons. The van der Waals surface area contributed by atoms with Crippen molar-refractivity contribution >= 4 is 17.4 Å². The number of carbonyl (C=O) groups is 1. The van der Waals surface area contributed by atoms with Gasteiger partial charge in [0.25, 0.3) is 5.91 Å². The lowest BCUT2D eigenvalue weighted by atomic mass is 10.1. The molecule has 6 heteroatoms. The highest BCUT2D eigenvalue weighted by Gasteiger charge is 2.09. The number of rotatable bonds is 5. The van der Waals surface area contributed by atoms with Gasteiger partial charge in [-0.05, 0) is 37.1 Å². The van der Waals surface area contributed by atoms with Crippen LogP contribution in [0.3, 0.4) is 0 Å². The van der Waals surface area contributed by atoms with Gasteiger partial charge in [-0.2, -0.15) is 0 Å². The molecule has 0 aliphatic heterocycles. The summed E-state index contributed by atoms with van der Waals surface area (Å²) < 4.78 is 0. The van der Waals surface area contributed by atoms with Crippen LogP contribution in [-0.4, -0.2) is 20.9 Å². The van der Waals surface area contributed by atoms with E-state index in [4.69, 9.17) is 0 Å². The number of anilines is 2. The van der Waals surface area contributed by atoms with Crippen LogP contribution in [0.4, 0.5) is 11.5 Å². The molecular formula is C19H19N5O. The van der Waals surface area contributed by atoms with Gasteiger partial charge in [0.05, 0.1) is 24.6 Å². The number of amides is 1. The normalized spacial score (nSPS) is 10.3. The summed E-state index contributed by atoms with van der Waals surface area (Å²) in [7, 11) is 0. The van der Waals surface area contributed by atoms with Gasteiger partial charge in [0.2, 0.25) is 0 Å². The van der Waals surface area contributed by atoms with Crippen LogP contribution in [0.1, 0.15) is 27.3 Å². The second kappa shape index (κ2) is 7.53. The quantitative estimate of drug-likeness (QED) is 0.750. The summed E-state index contributed by atoms with van der Waals surface area (Å²) in [5.74, 6) is 0.315. The summed E-state index contributed by atoms with van der Waals surface area (Å²) in [6, 6.07) is 11.6. The maximum atomic E-state index is 12.1. The number of nitrogens with one attached hydrogen (secondary N) is 2. The van der Waals surface area contributed by atoms with Gasteiger partial charge >= 0.3 is 0 Å². The average molecular weight is 333 g/mol. The molecule has 1 amide bonds. The second-order valence-corrected chi connectivity index (χ2v) is 5.68. The summed E-state index contributed by atoms with van der Waals surface area (Å²) in [5, 5.41) is 6.03. The number of aryl methyl sites for hydroxylation is 2. The predicted octanol–water partition coefficient (Wildman–Crippen LogP) is 3.16. The van der Waals surface area contributed by atoms with Crippen LogP contribution >= 0.6 is 0 Å². The van der Waals surface area contributed by atoms with Gasteiger partial charge in [-0.15, -0.1) is 0 Å². The van der Waals surface area contributed by atoms with Crippen molar-refractivity contribution in [2.75, 3.05) is 5.32 Å². The molecule has 1 aromatic carbocycles. The van der Waals surface area contributed by atoms with Crippen LogP contribution in [0.15, 0.2) is 55.0 Å². The summed E-state index contributed by atoms with van der Waals surface area (Å²) in [4.78, 5) is 24.8. The fraction of sp³-hybridized carbons (Fsp3) is 0.158. The zero-order chi connectivity index (χ0) is 17.6. The molecule has 0 spiro atoms. The molecule has 0 saturated heterocycles. The van der Waals surface area contributed by atoms with Crippen molar-refractivity contribution in [3.63, 3.8) is 0 Å². The van der Waals surface area contributed by atoms with E-state index in [9.17, 15) is 4.79 Å². The van der Waals surface area contributed by atoms with Gasteiger partial charge in [0.1, 0.15) is 11.5 Å². The number of hydrogen-bond donors (Lipinski definition) is 2. The fourth-order valence-corrected chi connectivity index (χ4v) is 2.41. The van der Waals surface area contributed by atoms with Gasteiger partial charge in [0, 0.05) is 11.9 Å². The van der Waals surface area contributed by atoms with Gasteiger partial charge in [-0.25, -0.2) is 9.97 Å². The van der Waals surface area contributed by atoms with Gasteiger partial charge in [-0.1, -0.05) is 24.3 Å². The van der Waals surface area contributed by atoms with Crippen molar-refractivity contribution in [2.24, 2.45) is 0 Å². The molecule has 2 heterocycles. The number of aromatic nitrogens is 3. The molecule has 3 rings (SSSR count). The molecule has 126 valence electrons. The minimum absolute atomic E-state index is 0.267. The average Bonchev–Trinajstić information content (AvgIpc) is 2.64. The van der Waals surface area contributed by atoms with Crippen LogP contribution in [0.25, 0.3) is 0 Å². The molecule has 0 unspecified atom stereocenters. The van der Waals surface area contributed by atoms with E-state index in [1.54, 1.807) is 12.4 Å². The Bertz CT molecular complexity index is 842. The summed E-state index contributed by atoms with van der Waals surface area (Å²) >= 11 is 0. The Kier molecular flexibility index (Phi) is 4.99. The molecule has 0 atom stereocenters. The Hall–Kier alpha value is -3.28. The first-order chi connectivity index (χ1) is 12.1. The van der Waals surface area contributed by atoms with E-state index in [2.05, 4.69) is 25.6 Å². The van der Waals surface area contributed by atoms with E-state index < -0.39 is 0 Å². The van der Waals surface area contributed by atoms with Crippen molar-refractivity contribution in [1.82, 2.24) is 20.3 Å². The number of benzene rings is 1. The van der Waals surface area contributed by atoms with E-state index in [1.807, 2.05) is 50.2 Å². The highest BCUT2D eigenvalue weighted by Crippen LogP contribution is 2.22. The van der Waals surface area contributed by atoms with Crippen LogP contribution in [0.2, 0.25) is 0 Å². The SMILES string of the molecule is Cc1cccc(C)c1Nc1cnc(C(=O)NCc2ccccn2)cn1. The lowest BCUT2D eigenvalue weighted by Crippen LogP contribution is -2.24. The number of pyridine rings is 1. The minimum Gasteiger partial charge on any atom is -0.345 e. The van der Waals surface area contributed by atoms with Crippen molar-refractivity contribution in [3.8, 4) is 0 Å². The number of carbonyl (C=O) groups excluding carboxylic acids is 1. The van der Waals surface area contributed by atoms with Crippen LogP contribution in [-0.2, 0) is 6.54 Å². The lowest BCUT2D eigenvalue weighted by molar-refractivity contribution is 0.0945. The predicted molar refractivity (Wildman–Crippen MR) is 96.6 cm³/mol. The van der Waals surface area contributed by atoms with E-state index in [-0.39, 0.29) is 11.6 Å². The third-order valence-electron chi connectivity index (χ3n) is 3.77. The first-order valence-electron chi connectivity index (χ1n) is 7.97. The molecule has 3 aromatic rings. The molecule has 0 aliphatic rings. The summed E-state index contributed by atoms with van der Waals surface area (Å²) in [6.07, 6.45) is 4.71. The molecule has 2 aromatic heterocycles. The first-order valence-corrected chi connectivity index (χ1v) is 7.97. The minimum atomic E-state index is -0.281. The largest absolute Gasteiger partial charge is 0.345 e. The Labute approximate surface area is 146 Å². The molecule has 0 bridgehead atoms. The van der Waals surface area contributed by atoms with E-state index >= 15 is 0 Å². The van der Waals surface area contributed by atoms with Crippen molar-refractivity contribution < 1.29 is 4.79 Å². The van der Waals surface area contributed by atoms with Gasteiger partial charge in [-0.3, -0.25) is 9.78 Å². The highest BCUT2D eigenvalue weighted by molar-refractivity contribution is 5.92. The summed E-state index contributed by atoms with van der Waals surface area (Å²) in [6.45, 7) is 4.41. The topological polar surface area (TPSA) is 79.8 Å². The molecule has 0 aliphatic carbocycles. The van der Waals surface area contributed by atoms with Crippen LogP contribution < -0.4 is 10.6 Å². The van der Waals surface area contributed by atoms with E-state index in [0.717, 1.165) is 22.5 Å². The third kappa shape index (κ3) is 4.17. The van der Waals surface area contributed by atoms with Crippen molar-refractivity contribution in [2.45, 2.75) is 20.4 Å². The standard InChI is InChI=1S/C19H19N5O/c1-13-6-5-7-14(2)18(13)24-17-12-21-16(11-22-17)19(25)23-10-15-8-3-4-9-20-15/h3-9,11-12H,10H2,1-2H3,(H,22,24)(H,23,25). The Balaban J connectivity index is 1.64. The van der Waals surface area contributed by atoms with E-state index in [1.165, 1.54) is 6.20 Å². The first kappa shape index (κ1) is 16.6. The molecule has 25 heavy (non-hydrogen) atoms. The number of nitrogens with zero attached hydrogens (tertiary/aromatic N) is 3.